The second-order valence-corrected chi connectivity index (χ2v) is 6.19. The van der Waals surface area contributed by atoms with Crippen LogP contribution in [0.25, 0.3) is 0 Å². The lowest BCUT2D eigenvalue weighted by Gasteiger charge is -2.08. The van der Waals surface area contributed by atoms with Crippen LogP contribution in [0.15, 0.2) is 28.7 Å². The van der Waals surface area contributed by atoms with Gasteiger partial charge >= 0.3 is 5.69 Å². The van der Waals surface area contributed by atoms with Gasteiger partial charge in [0.1, 0.15) is 0 Å². The highest BCUT2D eigenvalue weighted by molar-refractivity contribution is 7.89. The first-order valence-electron chi connectivity index (χ1n) is 5.72. The molecule has 8 heteroatoms. The lowest BCUT2D eigenvalue weighted by Crippen LogP contribution is -2.25. The molecule has 1 N–H and O–H groups in total. The maximum absolute atomic E-state index is 13.4. The summed E-state index contributed by atoms with van der Waals surface area (Å²) in [5.41, 5.74) is 0.172. The Labute approximate surface area is 116 Å². The highest BCUT2D eigenvalue weighted by Crippen LogP contribution is 2.25. The molecule has 0 aliphatic heterocycles. The molecule has 0 aliphatic carbocycles. The van der Waals surface area contributed by atoms with Crippen molar-refractivity contribution in [1.29, 1.82) is 0 Å². The van der Waals surface area contributed by atoms with E-state index in [9.17, 15) is 22.9 Å². The summed E-state index contributed by atoms with van der Waals surface area (Å²) in [7, 11) is -3.93. The fourth-order valence-electron chi connectivity index (χ4n) is 1.50. The summed E-state index contributed by atoms with van der Waals surface area (Å²) in [6, 6.07) is 1.57. The van der Waals surface area contributed by atoms with Crippen LogP contribution in [0.3, 0.4) is 0 Å². The van der Waals surface area contributed by atoms with Crippen LogP contribution in [-0.2, 0) is 10.0 Å². The quantitative estimate of drug-likeness (QED) is 0.513. The lowest BCUT2D eigenvalue weighted by molar-refractivity contribution is -0.387. The lowest BCUT2D eigenvalue weighted by atomic mass is 10.2. The van der Waals surface area contributed by atoms with E-state index in [-0.39, 0.29) is 17.0 Å². The Morgan fingerprint density at radius 1 is 1.45 bits per heavy atom. The van der Waals surface area contributed by atoms with E-state index in [0.717, 1.165) is 17.7 Å². The fraction of sp³-hybridized carbons (Fsp3) is 0.333. The van der Waals surface area contributed by atoms with Crippen LogP contribution in [0.4, 0.5) is 10.1 Å². The SMILES string of the molecule is CC(C)=CCNS(=O)(=O)c1cc([N+](=O)[O-])c(F)cc1C. The van der Waals surface area contributed by atoms with E-state index in [1.165, 1.54) is 6.92 Å². The molecule has 0 spiro atoms. The summed E-state index contributed by atoms with van der Waals surface area (Å²) < 4.78 is 39.7. The summed E-state index contributed by atoms with van der Waals surface area (Å²) in [4.78, 5) is 9.40. The van der Waals surface area contributed by atoms with Gasteiger partial charge in [0, 0.05) is 12.6 Å². The summed E-state index contributed by atoms with van der Waals surface area (Å²) in [6.45, 7) is 5.06. The number of hydrogen-bond donors (Lipinski definition) is 1. The molecule has 1 rings (SSSR count). The minimum atomic E-state index is -3.93. The van der Waals surface area contributed by atoms with Gasteiger partial charge in [0.15, 0.2) is 0 Å². The van der Waals surface area contributed by atoms with Crippen LogP contribution >= 0.6 is 0 Å². The van der Waals surface area contributed by atoms with Crippen molar-refractivity contribution in [2.24, 2.45) is 0 Å². The van der Waals surface area contributed by atoms with Gasteiger partial charge in [-0.05, 0) is 32.4 Å². The molecule has 0 bridgehead atoms. The largest absolute Gasteiger partial charge is 0.306 e. The van der Waals surface area contributed by atoms with Gasteiger partial charge in [-0.2, -0.15) is 4.39 Å². The van der Waals surface area contributed by atoms with Crippen molar-refractivity contribution in [2.75, 3.05) is 6.54 Å². The normalized spacial score (nSPS) is 11.2. The summed E-state index contributed by atoms with van der Waals surface area (Å²) in [5.74, 6) is -1.06. The number of allylic oxidation sites excluding steroid dienone is 1. The molecule has 1 aromatic rings. The smallest absolute Gasteiger partial charge is 0.258 e. The van der Waals surface area contributed by atoms with Crippen molar-refractivity contribution >= 4 is 15.7 Å². The maximum Gasteiger partial charge on any atom is 0.306 e. The first-order chi connectivity index (χ1) is 9.15. The molecule has 0 radical (unpaired) electrons. The molecule has 110 valence electrons. The summed E-state index contributed by atoms with van der Waals surface area (Å²) in [5, 5.41) is 10.7. The van der Waals surface area contributed by atoms with E-state index < -0.39 is 26.5 Å². The molecule has 20 heavy (non-hydrogen) atoms. The second-order valence-electron chi connectivity index (χ2n) is 4.46. The molecule has 1 aromatic carbocycles. The average molecular weight is 302 g/mol. The number of halogens is 1. The van der Waals surface area contributed by atoms with Gasteiger partial charge in [0.2, 0.25) is 15.8 Å². The number of hydrogen-bond acceptors (Lipinski definition) is 4. The zero-order valence-electron chi connectivity index (χ0n) is 11.3. The molecule has 0 fully saturated rings. The number of nitrogens with zero attached hydrogens (tertiary/aromatic N) is 1. The van der Waals surface area contributed by atoms with Gasteiger partial charge in [0.05, 0.1) is 9.82 Å². The zero-order chi connectivity index (χ0) is 15.5. The maximum atomic E-state index is 13.4. The Balaban J connectivity index is 3.21. The molecule has 6 nitrogen and oxygen atoms in total. The monoisotopic (exact) mass is 302 g/mol. The van der Waals surface area contributed by atoms with Crippen LogP contribution in [0.1, 0.15) is 19.4 Å². The Hall–Kier alpha value is -1.80. The average Bonchev–Trinajstić information content (AvgIpc) is 2.26. The third-order valence-corrected chi connectivity index (χ3v) is 4.08. The minimum Gasteiger partial charge on any atom is -0.258 e. The van der Waals surface area contributed by atoms with Crippen LogP contribution < -0.4 is 4.72 Å². The zero-order valence-corrected chi connectivity index (χ0v) is 12.1. The Kier molecular flexibility index (Phi) is 4.96. The van der Waals surface area contributed by atoms with Gasteiger partial charge in [-0.15, -0.1) is 0 Å². The third kappa shape index (κ3) is 3.84. The molecule has 0 aromatic heterocycles. The van der Waals surface area contributed by atoms with Gasteiger partial charge in [-0.3, -0.25) is 10.1 Å². The number of benzene rings is 1. The third-order valence-electron chi connectivity index (χ3n) is 2.51. The summed E-state index contributed by atoms with van der Waals surface area (Å²) in [6.07, 6.45) is 1.66. The highest BCUT2D eigenvalue weighted by Gasteiger charge is 2.23. The van der Waals surface area contributed by atoms with Crippen LogP contribution in [0.5, 0.6) is 0 Å². The number of nitro groups is 1. The van der Waals surface area contributed by atoms with Crippen molar-refractivity contribution in [3.05, 3.63) is 45.3 Å². The molecule has 0 unspecified atom stereocenters. The molecular weight excluding hydrogens is 287 g/mol. The van der Waals surface area contributed by atoms with E-state index in [0.29, 0.717) is 0 Å². The highest BCUT2D eigenvalue weighted by atomic mass is 32.2. The van der Waals surface area contributed by atoms with E-state index in [1.54, 1.807) is 6.08 Å². The van der Waals surface area contributed by atoms with Crippen molar-refractivity contribution in [3.63, 3.8) is 0 Å². The number of sulfonamides is 1. The Morgan fingerprint density at radius 3 is 2.55 bits per heavy atom. The number of rotatable bonds is 5. The predicted molar refractivity (Wildman–Crippen MR) is 72.4 cm³/mol. The van der Waals surface area contributed by atoms with Crippen LogP contribution in [0, 0.1) is 22.9 Å². The van der Waals surface area contributed by atoms with E-state index >= 15 is 0 Å². The van der Waals surface area contributed by atoms with Crippen LogP contribution in [0.2, 0.25) is 0 Å². The number of aryl methyl sites for hydroxylation is 1. The van der Waals surface area contributed by atoms with Crippen molar-refractivity contribution in [2.45, 2.75) is 25.7 Å². The molecule has 0 heterocycles. The summed E-state index contributed by atoms with van der Waals surface area (Å²) >= 11 is 0. The van der Waals surface area contributed by atoms with Crippen molar-refractivity contribution < 1.29 is 17.7 Å². The fourth-order valence-corrected chi connectivity index (χ4v) is 2.71. The minimum absolute atomic E-state index is 0.0648. The second kappa shape index (κ2) is 6.10. The van der Waals surface area contributed by atoms with Crippen molar-refractivity contribution in [1.82, 2.24) is 4.72 Å². The standard InChI is InChI=1S/C12H15FN2O4S/c1-8(2)4-5-14-20(18,19)12-7-11(15(16)17)10(13)6-9(12)3/h4,6-7,14H,5H2,1-3H3. The van der Waals surface area contributed by atoms with Gasteiger partial charge < -0.3 is 0 Å². The number of nitrogens with one attached hydrogen (secondary N) is 1. The topological polar surface area (TPSA) is 89.3 Å². The Bertz CT molecular complexity index is 664. The van der Waals surface area contributed by atoms with E-state index in [2.05, 4.69) is 4.72 Å². The van der Waals surface area contributed by atoms with E-state index in [1.807, 2.05) is 13.8 Å². The molecule has 0 saturated carbocycles. The molecule has 0 saturated heterocycles. The van der Waals surface area contributed by atoms with Crippen LogP contribution in [-0.4, -0.2) is 19.9 Å². The van der Waals surface area contributed by atoms with E-state index in [4.69, 9.17) is 0 Å². The predicted octanol–water partition coefficient (Wildman–Crippen LogP) is 2.29. The first kappa shape index (κ1) is 16.3. The van der Waals surface area contributed by atoms with Crippen molar-refractivity contribution in [3.8, 4) is 0 Å². The number of nitro benzene ring substituents is 1. The molecule has 0 aliphatic rings. The molecule has 0 amide bonds. The van der Waals surface area contributed by atoms with Gasteiger partial charge in [0.25, 0.3) is 0 Å². The Morgan fingerprint density at radius 2 is 2.05 bits per heavy atom. The molecular formula is C12H15FN2O4S. The van der Waals surface area contributed by atoms with Gasteiger partial charge in [-0.1, -0.05) is 11.6 Å². The molecule has 0 atom stereocenters. The first-order valence-corrected chi connectivity index (χ1v) is 7.21. The van der Waals surface area contributed by atoms with Gasteiger partial charge in [-0.25, -0.2) is 13.1 Å².